The Morgan fingerprint density at radius 2 is 2.00 bits per heavy atom. The second-order valence-electron chi connectivity index (χ2n) is 9.71. The molecule has 1 saturated carbocycles. The van der Waals surface area contributed by atoms with Crippen LogP contribution in [0.15, 0.2) is 6.33 Å². The van der Waals surface area contributed by atoms with E-state index in [0.717, 1.165) is 25.7 Å². The van der Waals surface area contributed by atoms with E-state index in [4.69, 9.17) is 14.0 Å². The molecule has 0 amide bonds. The summed E-state index contributed by atoms with van der Waals surface area (Å²) in [5, 5.41) is 24.9. The summed E-state index contributed by atoms with van der Waals surface area (Å²) in [4.78, 5) is 22.9. The molecule has 6 atom stereocenters. The molecule has 36 heavy (non-hydrogen) atoms. The van der Waals surface area contributed by atoms with Gasteiger partial charge in [-0.1, -0.05) is 12.8 Å². The summed E-state index contributed by atoms with van der Waals surface area (Å²) in [5.41, 5.74) is 0.644. The highest BCUT2D eigenvalue weighted by Gasteiger charge is 2.46. The summed E-state index contributed by atoms with van der Waals surface area (Å²) in [7, 11) is -4.08. The fourth-order valence-corrected chi connectivity index (χ4v) is 5.49. The van der Waals surface area contributed by atoms with Gasteiger partial charge >= 0.3 is 7.60 Å². The molecule has 1 aliphatic carbocycles. The lowest BCUT2D eigenvalue weighted by molar-refractivity contribution is -0.0423. The Morgan fingerprint density at radius 1 is 1.28 bits per heavy atom. The predicted octanol–water partition coefficient (Wildman–Crippen LogP) is 2.23. The number of nitrogens with one attached hydrogen (secondary N) is 1. The molecule has 12 nitrogen and oxygen atoms in total. The lowest BCUT2D eigenvalue weighted by Gasteiger charge is -2.26. The van der Waals surface area contributed by atoms with E-state index in [-0.39, 0.29) is 23.4 Å². The Labute approximate surface area is 207 Å². The summed E-state index contributed by atoms with van der Waals surface area (Å²) >= 11 is 0. The van der Waals surface area contributed by atoms with Crippen molar-refractivity contribution in [1.29, 1.82) is 0 Å². The fraction of sp³-hybridized carbons (Fsp3) is 0.727. The van der Waals surface area contributed by atoms with Crippen LogP contribution < -0.4 is 5.32 Å². The van der Waals surface area contributed by atoms with Crippen molar-refractivity contribution >= 4 is 24.6 Å². The van der Waals surface area contributed by atoms with Crippen LogP contribution in [0.1, 0.15) is 56.7 Å². The lowest BCUT2D eigenvalue weighted by Crippen LogP contribution is -2.31. The predicted molar refractivity (Wildman–Crippen MR) is 126 cm³/mol. The number of aromatic nitrogens is 4. The van der Waals surface area contributed by atoms with E-state index in [1.165, 1.54) is 10.9 Å². The molecule has 14 heteroatoms. The van der Waals surface area contributed by atoms with Crippen molar-refractivity contribution in [3.05, 3.63) is 18.8 Å². The van der Waals surface area contributed by atoms with Gasteiger partial charge in [-0.2, -0.15) is 0 Å². The van der Waals surface area contributed by atoms with E-state index >= 15 is 4.39 Å². The number of hydrogen-bond acceptors (Lipinski definition) is 10. The van der Waals surface area contributed by atoms with E-state index in [2.05, 4.69) is 26.9 Å². The van der Waals surface area contributed by atoms with Gasteiger partial charge < -0.3 is 34.4 Å². The number of fused-ring (bicyclic) bond motifs is 1. The number of imidazole rings is 1. The van der Waals surface area contributed by atoms with Crippen LogP contribution in [0, 0.1) is 12.6 Å². The molecule has 5 rings (SSSR count). The maximum absolute atomic E-state index is 15.2. The van der Waals surface area contributed by atoms with E-state index in [1.54, 1.807) is 0 Å². The van der Waals surface area contributed by atoms with Gasteiger partial charge in [-0.15, -0.1) is 0 Å². The maximum Gasteiger partial charge on any atom is 0.328 e. The quantitative estimate of drug-likeness (QED) is 0.372. The van der Waals surface area contributed by atoms with E-state index < -0.39 is 44.9 Å². The molecule has 0 aromatic carbocycles. The van der Waals surface area contributed by atoms with Crippen LogP contribution >= 0.6 is 7.60 Å². The molecule has 4 heterocycles. The summed E-state index contributed by atoms with van der Waals surface area (Å²) in [6.45, 7) is 3.57. The molecule has 0 spiro atoms. The number of nitrogens with zero attached hydrogens (tertiary/aromatic N) is 4. The second-order valence-corrected chi connectivity index (χ2v) is 11.2. The van der Waals surface area contributed by atoms with Crippen molar-refractivity contribution in [2.45, 2.75) is 75.3 Å². The average Bonchev–Trinajstić information content (AvgIpc) is 3.58. The van der Waals surface area contributed by atoms with Gasteiger partial charge in [-0.25, -0.2) is 19.3 Å². The van der Waals surface area contributed by atoms with Gasteiger partial charge in [0.15, 0.2) is 35.2 Å². The van der Waals surface area contributed by atoms with Gasteiger partial charge in [0, 0.05) is 19.3 Å². The van der Waals surface area contributed by atoms with Gasteiger partial charge in [-0.3, -0.25) is 9.13 Å². The van der Waals surface area contributed by atoms with Crippen LogP contribution in [-0.2, 0) is 18.6 Å². The van der Waals surface area contributed by atoms with Gasteiger partial charge in [0.2, 0.25) is 0 Å². The number of aliphatic hydroxyl groups excluding tert-OH is 2. The fourth-order valence-electron chi connectivity index (χ4n) is 5.11. The maximum atomic E-state index is 15.2. The average molecular weight is 528 g/mol. The minimum Gasteiger partial charge on any atom is -0.387 e. The Balaban J connectivity index is 1.48. The molecule has 4 N–H and O–H groups in total. The summed E-state index contributed by atoms with van der Waals surface area (Å²) in [6.07, 6.45) is -0.0879. The molecule has 2 aromatic heterocycles. The number of ether oxygens (including phenoxy) is 2. The third kappa shape index (κ3) is 5.42. The smallest absolute Gasteiger partial charge is 0.328 e. The monoisotopic (exact) mass is 528 g/mol. The largest absolute Gasteiger partial charge is 0.387 e. The topological polar surface area (TPSA) is 161 Å². The van der Waals surface area contributed by atoms with Crippen LogP contribution in [0.5, 0.6) is 0 Å². The minimum absolute atomic E-state index is 0.0799. The summed E-state index contributed by atoms with van der Waals surface area (Å²) < 4.78 is 43.7. The minimum atomic E-state index is -4.08. The van der Waals surface area contributed by atoms with Crippen molar-refractivity contribution in [3.63, 3.8) is 0 Å². The van der Waals surface area contributed by atoms with E-state index in [0.29, 0.717) is 37.4 Å². The third-order valence-corrected chi connectivity index (χ3v) is 7.67. The molecule has 2 aromatic rings. The number of rotatable bonds is 8. The van der Waals surface area contributed by atoms with Gasteiger partial charge in [0.05, 0.1) is 19.6 Å². The highest BCUT2D eigenvalue weighted by Crippen LogP contribution is 2.42. The van der Waals surface area contributed by atoms with Crippen LogP contribution in [0.2, 0.25) is 0 Å². The van der Waals surface area contributed by atoms with Crippen LogP contribution in [-0.4, -0.2) is 78.9 Å². The SMILES string of the molecule is [CH2]P(=O)(O)OC[C@H]1O[C@@H](n2cnc3c(NC4CCCC4)nc(C(O)C4CCOCC4)nc32)[C@@H](F)[C@@H]1O. The summed E-state index contributed by atoms with van der Waals surface area (Å²) in [5.74, 6) is 0.575. The standard InChI is InChI=1S/C22H32FN5O7P/c1-36(31,32)34-10-14-18(30)15(23)22(35-14)28-11-24-16-19(25-13-4-2-3-5-13)26-20(27-21(16)28)17(29)12-6-8-33-9-7-12/h11-15,17-18,22,29-30H,1-10H2,(H,31,32)(H,25,26,27)/t14-,15+,17?,18-,22-/m1/s1. The van der Waals surface area contributed by atoms with Crippen molar-refractivity contribution in [1.82, 2.24) is 19.5 Å². The number of aliphatic hydroxyl groups is 2. The molecule has 3 aliphatic rings. The lowest BCUT2D eigenvalue weighted by atomic mass is 9.93. The highest BCUT2D eigenvalue weighted by atomic mass is 31.2. The molecule has 2 aliphatic heterocycles. The molecule has 199 valence electrons. The number of anilines is 1. The first kappa shape index (κ1) is 25.9. The van der Waals surface area contributed by atoms with E-state index in [9.17, 15) is 19.7 Å². The summed E-state index contributed by atoms with van der Waals surface area (Å²) in [6, 6.07) is 0.207. The zero-order valence-corrected chi connectivity index (χ0v) is 20.7. The van der Waals surface area contributed by atoms with Crippen molar-refractivity contribution in [3.8, 4) is 0 Å². The van der Waals surface area contributed by atoms with Crippen LogP contribution in [0.3, 0.4) is 0 Å². The van der Waals surface area contributed by atoms with Gasteiger partial charge in [0.1, 0.15) is 18.3 Å². The Morgan fingerprint density at radius 3 is 2.69 bits per heavy atom. The Bertz CT molecular complexity index is 1100. The van der Waals surface area contributed by atoms with E-state index in [1.807, 2.05) is 0 Å². The van der Waals surface area contributed by atoms with Crippen molar-refractivity contribution in [2.24, 2.45) is 5.92 Å². The molecule has 3 fully saturated rings. The highest BCUT2D eigenvalue weighted by molar-refractivity contribution is 7.54. The molecule has 1 radical (unpaired) electrons. The van der Waals surface area contributed by atoms with Crippen molar-refractivity contribution in [2.75, 3.05) is 25.1 Å². The Kier molecular flexibility index (Phi) is 7.60. The second kappa shape index (κ2) is 10.6. The van der Waals surface area contributed by atoms with Crippen LogP contribution in [0.25, 0.3) is 11.2 Å². The normalized spacial score (nSPS) is 30.6. The first-order chi connectivity index (χ1) is 17.2. The first-order valence-electron chi connectivity index (χ1n) is 12.3. The molecule has 2 unspecified atom stereocenters. The zero-order chi connectivity index (χ0) is 25.4. The number of alkyl halides is 1. The van der Waals surface area contributed by atoms with Gasteiger partial charge in [-0.05, 0) is 31.6 Å². The molecule has 2 saturated heterocycles. The molecular weight excluding hydrogens is 496 g/mol. The van der Waals surface area contributed by atoms with Crippen LogP contribution in [0.4, 0.5) is 10.2 Å². The van der Waals surface area contributed by atoms with Gasteiger partial charge in [0.25, 0.3) is 0 Å². The molecular formula is C22H32FN5O7P. The zero-order valence-electron chi connectivity index (χ0n) is 19.8. The third-order valence-electron chi connectivity index (χ3n) is 7.12. The number of hydrogen-bond donors (Lipinski definition) is 4. The molecule has 0 bridgehead atoms. The Hall–Kier alpha value is -1.73. The first-order valence-corrected chi connectivity index (χ1v) is 14.0. The number of halogens is 1. The van der Waals surface area contributed by atoms with Crippen molar-refractivity contribution < 1.29 is 38.1 Å².